The largest absolute Gasteiger partial charge is 0.353 e. The second-order valence-corrected chi connectivity index (χ2v) is 9.23. The molecule has 2 saturated heterocycles. The zero-order valence-corrected chi connectivity index (χ0v) is 16.4. The van der Waals surface area contributed by atoms with Crippen LogP contribution in [-0.2, 0) is 16.1 Å². The Morgan fingerprint density at radius 3 is 2.69 bits per heavy atom. The predicted molar refractivity (Wildman–Crippen MR) is 103 cm³/mol. The topological polar surface area (TPSA) is 52.6 Å². The molecule has 1 atom stereocenters. The summed E-state index contributed by atoms with van der Waals surface area (Å²) in [7, 11) is 0. The summed E-state index contributed by atoms with van der Waals surface area (Å²) in [5.74, 6) is 0.692. The van der Waals surface area contributed by atoms with Crippen molar-refractivity contribution in [3.05, 3.63) is 21.9 Å². The summed E-state index contributed by atoms with van der Waals surface area (Å²) in [4.78, 5) is 30.5. The molecule has 2 aliphatic heterocycles. The van der Waals surface area contributed by atoms with Crippen molar-refractivity contribution >= 4 is 23.2 Å². The summed E-state index contributed by atoms with van der Waals surface area (Å²) in [6.45, 7) is 6.91. The van der Waals surface area contributed by atoms with Gasteiger partial charge in [0.15, 0.2) is 0 Å². The maximum absolute atomic E-state index is 12.3. The lowest BCUT2D eigenvalue weighted by Crippen LogP contribution is -2.39. The minimum absolute atomic E-state index is 0.0875. The van der Waals surface area contributed by atoms with E-state index in [0.29, 0.717) is 24.9 Å². The molecule has 0 aromatic carbocycles. The number of piperidine rings is 1. The summed E-state index contributed by atoms with van der Waals surface area (Å²) in [5, 5.41) is 5.22. The van der Waals surface area contributed by atoms with E-state index >= 15 is 0 Å². The van der Waals surface area contributed by atoms with Crippen LogP contribution in [0.2, 0.25) is 0 Å². The average Bonchev–Trinajstić information content (AvgIpc) is 3.24. The minimum Gasteiger partial charge on any atom is -0.353 e. The lowest BCUT2D eigenvalue weighted by atomic mass is 9.96. The molecular formula is C20H29N3O2S. The Bertz CT molecular complexity index is 662. The molecule has 3 aliphatic rings. The highest BCUT2D eigenvalue weighted by Gasteiger charge is 2.37. The lowest BCUT2D eigenvalue weighted by Gasteiger charge is -2.33. The standard InChI is InChI=1S/C20H29N3O2S/c1-14-6-9-26-18(14)13-22-7-4-15(5-8-22)11-23-12-16(10-19(23)24)20(25)21-17-2-3-17/h6,9,15-17H,2-5,7-8,10-13H2,1H3,(H,21,25). The summed E-state index contributed by atoms with van der Waals surface area (Å²) < 4.78 is 0. The maximum Gasteiger partial charge on any atom is 0.225 e. The van der Waals surface area contributed by atoms with E-state index in [4.69, 9.17) is 0 Å². The number of nitrogens with zero attached hydrogens (tertiary/aromatic N) is 2. The molecule has 1 saturated carbocycles. The van der Waals surface area contributed by atoms with Gasteiger partial charge in [-0.05, 0) is 68.6 Å². The molecule has 0 spiro atoms. The predicted octanol–water partition coefficient (Wildman–Crippen LogP) is 2.40. The first kappa shape index (κ1) is 18.0. The molecule has 142 valence electrons. The van der Waals surface area contributed by atoms with Crippen molar-refractivity contribution in [2.45, 2.75) is 51.6 Å². The molecule has 1 aliphatic carbocycles. The third-order valence-electron chi connectivity index (χ3n) is 6.03. The molecule has 1 N–H and O–H groups in total. The smallest absolute Gasteiger partial charge is 0.225 e. The fourth-order valence-corrected chi connectivity index (χ4v) is 5.03. The third kappa shape index (κ3) is 4.29. The molecule has 1 aromatic heterocycles. The van der Waals surface area contributed by atoms with Gasteiger partial charge < -0.3 is 10.2 Å². The Morgan fingerprint density at radius 1 is 1.27 bits per heavy atom. The highest BCUT2D eigenvalue weighted by molar-refractivity contribution is 7.10. The van der Waals surface area contributed by atoms with Crippen molar-refractivity contribution in [2.24, 2.45) is 11.8 Å². The Morgan fingerprint density at radius 2 is 2.04 bits per heavy atom. The van der Waals surface area contributed by atoms with E-state index in [-0.39, 0.29) is 17.7 Å². The van der Waals surface area contributed by atoms with Gasteiger partial charge in [-0.2, -0.15) is 0 Å². The van der Waals surface area contributed by atoms with E-state index in [2.05, 4.69) is 28.6 Å². The number of carbonyl (C=O) groups excluding carboxylic acids is 2. The van der Waals surface area contributed by atoms with E-state index in [9.17, 15) is 9.59 Å². The molecule has 2 amide bonds. The molecule has 5 nitrogen and oxygen atoms in total. The number of thiophene rings is 1. The second-order valence-electron chi connectivity index (χ2n) is 8.23. The van der Waals surface area contributed by atoms with Crippen LogP contribution in [0, 0.1) is 18.8 Å². The van der Waals surface area contributed by atoms with Gasteiger partial charge in [-0.3, -0.25) is 14.5 Å². The molecule has 26 heavy (non-hydrogen) atoms. The third-order valence-corrected chi connectivity index (χ3v) is 7.04. The van der Waals surface area contributed by atoms with Crippen LogP contribution in [0.15, 0.2) is 11.4 Å². The first-order chi connectivity index (χ1) is 12.6. The van der Waals surface area contributed by atoms with Gasteiger partial charge in [0.2, 0.25) is 11.8 Å². The first-order valence-electron chi connectivity index (χ1n) is 9.92. The first-order valence-corrected chi connectivity index (χ1v) is 10.8. The summed E-state index contributed by atoms with van der Waals surface area (Å²) in [6, 6.07) is 2.57. The lowest BCUT2D eigenvalue weighted by molar-refractivity contribution is -0.129. The monoisotopic (exact) mass is 375 g/mol. The summed E-state index contributed by atoms with van der Waals surface area (Å²) >= 11 is 1.85. The number of nitrogens with one attached hydrogen (secondary N) is 1. The number of aryl methyl sites for hydroxylation is 1. The Balaban J connectivity index is 1.22. The van der Waals surface area contributed by atoms with Gasteiger partial charge in [0.1, 0.15) is 0 Å². The van der Waals surface area contributed by atoms with Gasteiger partial charge in [-0.25, -0.2) is 0 Å². The molecular weight excluding hydrogens is 346 g/mol. The summed E-state index contributed by atoms with van der Waals surface area (Å²) in [5.41, 5.74) is 1.40. The molecule has 1 unspecified atom stereocenters. The van der Waals surface area contributed by atoms with E-state index < -0.39 is 0 Å². The highest BCUT2D eigenvalue weighted by Crippen LogP contribution is 2.27. The van der Waals surface area contributed by atoms with Crippen LogP contribution < -0.4 is 5.32 Å². The Labute approximate surface area is 159 Å². The molecule has 0 radical (unpaired) electrons. The molecule has 4 rings (SSSR count). The normalized spacial score (nSPS) is 25.0. The average molecular weight is 376 g/mol. The Kier molecular flexibility index (Phi) is 5.32. The van der Waals surface area contributed by atoms with Gasteiger partial charge in [-0.1, -0.05) is 0 Å². The zero-order valence-electron chi connectivity index (χ0n) is 15.6. The quantitative estimate of drug-likeness (QED) is 0.831. The zero-order chi connectivity index (χ0) is 18.1. The van der Waals surface area contributed by atoms with Crippen molar-refractivity contribution in [1.82, 2.24) is 15.1 Å². The fourth-order valence-electron chi connectivity index (χ4n) is 4.08. The Hall–Kier alpha value is -1.40. The van der Waals surface area contributed by atoms with Gasteiger partial charge >= 0.3 is 0 Å². The van der Waals surface area contributed by atoms with Crippen LogP contribution in [0.4, 0.5) is 0 Å². The SMILES string of the molecule is Cc1ccsc1CN1CCC(CN2CC(C(=O)NC3CC3)CC2=O)CC1. The number of hydrogen-bond acceptors (Lipinski definition) is 4. The molecule has 3 heterocycles. The van der Waals surface area contributed by atoms with Crippen molar-refractivity contribution in [2.75, 3.05) is 26.2 Å². The molecule has 6 heteroatoms. The van der Waals surface area contributed by atoms with Crippen LogP contribution in [-0.4, -0.2) is 53.8 Å². The second kappa shape index (κ2) is 7.69. The number of amides is 2. The van der Waals surface area contributed by atoms with E-state index in [1.807, 2.05) is 16.2 Å². The van der Waals surface area contributed by atoms with Gasteiger partial charge in [0.25, 0.3) is 0 Å². The van der Waals surface area contributed by atoms with E-state index in [1.165, 1.54) is 10.4 Å². The van der Waals surface area contributed by atoms with Crippen LogP contribution in [0.25, 0.3) is 0 Å². The number of rotatable bonds is 6. The number of hydrogen-bond donors (Lipinski definition) is 1. The van der Waals surface area contributed by atoms with Crippen LogP contribution in [0.1, 0.15) is 42.5 Å². The number of carbonyl (C=O) groups is 2. The molecule has 0 bridgehead atoms. The van der Waals surface area contributed by atoms with Gasteiger partial charge in [0, 0.05) is 37.0 Å². The summed E-state index contributed by atoms with van der Waals surface area (Å²) in [6.07, 6.45) is 4.88. The molecule has 3 fully saturated rings. The van der Waals surface area contributed by atoms with E-state index in [1.54, 1.807) is 0 Å². The molecule has 1 aromatic rings. The van der Waals surface area contributed by atoms with Crippen LogP contribution >= 0.6 is 11.3 Å². The van der Waals surface area contributed by atoms with Crippen LogP contribution in [0.5, 0.6) is 0 Å². The van der Waals surface area contributed by atoms with Crippen molar-refractivity contribution in [3.8, 4) is 0 Å². The van der Waals surface area contributed by atoms with Crippen molar-refractivity contribution in [3.63, 3.8) is 0 Å². The van der Waals surface area contributed by atoms with Crippen LogP contribution in [0.3, 0.4) is 0 Å². The highest BCUT2D eigenvalue weighted by atomic mass is 32.1. The fraction of sp³-hybridized carbons (Fsp3) is 0.700. The van der Waals surface area contributed by atoms with Gasteiger partial charge in [0.05, 0.1) is 5.92 Å². The van der Waals surface area contributed by atoms with Crippen molar-refractivity contribution in [1.29, 1.82) is 0 Å². The van der Waals surface area contributed by atoms with E-state index in [0.717, 1.165) is 51.9 Å². The van der Waals surface area contributed by atoms with Gasteiger partial charge in [-0.15, -0.1) is 11.3 Å². The maximum atomic E-state index is 12.3. The number of likely N-dealkylation sites (tertiary alicyclic amines) is 2. The minimum atomic E-state index is -0.134. The van der Waals surface area contributed by atoms with Crippen molar-refractivity contribution < 1.29 is 9.59 Å².